The molecule has 0 atom stereocenters. The van der Waals surface area contributed by atoms with Crippen LogP contribution in [0.1, 0.15) is 13.3 Å². The van der Waals surface area contributed by atoms with Crippen molar-refractivity contribution in [3.63, 3.8) is 0 Å². The molecule has 0 bridgehead atoms. The third-order valence-electron chi connectivity index (χ3n) is 1.76. The van der Waals surface area contributed by atoms with Gasteiger partial charge in [0.25, 0.3) is 0 Å². The highest BCUT2D eigenvalue weighted by atomic mass is 32.2. The van der Waals surface area contributed by atoms with Crippen molar-refractivity contribution in [3.8, 4) is 0 Å². The molecule has 0 aliphatic heterocycles. The summed E-state index contributed by atoms with van der Waals surface area (Å²) in [5.74, 6) is 0. The smallest absolute Gasteiger partial charge is 0.238 e. The predicted molar refractivity (Wildman–Crippen MR) is 56.6 cm³/mol. The number of hydrogen-bond acceptors (Lipinski definition) is 3. The lowest BCUT2D eigenvalue weighted by Crippen LogP contribution is -2.12. The molecule has 0 fully saturated rings. The lowest BCUT2D eigenvalue weighted by Gasteiger charge is -2.04. The van der Waals surface area contributed by atoms with Crippen LogP contribution in [0.3, 0.4) is 0 Å². The van der Waals surface area contributed by atoms with E-state index in [9.17, 15) is 8.42 Å². The Morgan fingerprint density at radius 3 is 2.29 bits per heavy atom. The summed E-state index contributed by atoms with van der Waals surface area (Å²) in [4.78, 5) is 0.138. The maximum atomic E-state index is 10.9. The van der Waals surface area contributed by atoms with Gasteiger partial charge in [-0.3, -0.25) is 0 Å². The summed E-state index contributed by atoms with van der Waals surface area (Å²) in [5.41, 5.74) is 0.902. The van der Waals surface area contributed by atoms with E-state index in [0.717, 1.165) is 18.7 Å². The molecule has 0 aromatic heterocycles. The van der Waals surface area contributed by atoms with E-state index in [1.54, 1.807) is 12.1 Å². The SMILES string of the molecule is CCCNc1ccc(S(N)(=O)=O)cc1. The van der Waals surface area contributed by atoms with Crippen LogP contribution < -0.4 is 10.5 Å². The molecule has 1 aromatic carbocycles. The van der Waals surface area contributed by atoms with E-state index in [1.807, 2.05) is 0 Å². The van der Waals surface area contributed by atoms with Gasteiger partial charge in [0.2, 0.25) is 10.0 Å². The topological polar surface area (TPSA) is 72.2 Å². The molecule has 0 saturated carbocycles. The Balaban J connectivity index is 2.79. The highest BCUT2D eigenvalue weighted by Gasteiger charge is 2.05. The molecule has 3 N–H and O–H groups in total. The quantitative estimate of drug-likeness (QED) is 0.789. The van der Waals surface area contributed by atoms with Gasteiger partial charge < -0.3 is 5.32 Å². The zero-order chi connectivity index (χ0) is 10.6. The summed E-state index contributed by atoms with van der Waals surface area (Å²) in [6.07, 6.45) is 1.02. The van der Waals surface area contributed by atoms with Crippen LogP contribution in [0.25, 0.3) is 0 Å². The van der Waals surface area contributed by atoms with Gasteiger partial charge in [-0.25, -0.2) is 13.6 Å². The Bertz CT molecular complexity index is 384. The molecule has 0 aliphatic rings. The first-order chi connectivity index (χ1) is 6.54. The Morgan fingerprint density at radius 1 is 1.29 bits per heavy atom. The Hall–Kier alpha value is -1.07. The summed E-state index contributed by atoms with van der Waals surface area (Å²) < 4.78 is 21.8. The van der Waals surface area contributed by atoms with E-state index in [-0.39, 0.29) is 4.90 Å². The highest BCUT2D eigenvalue weighted by molar-refractivity contribution is 7.89. The molecule has 14 heavy (non-hydrogen) atoms. The minimum Gasteiger partial charge on any atom is -0.385 e. The van der Waals surface area contributed by atoms with Crippen LogP contribution in [-0.4, -0.2) is 15.0 Å². The fourth-order valence-electron chi connectivity index (χ4n) is 1.03. The van der Waals surface area contributed by atoms with E-state index >= 15 is 0 Å². The number of benzene rings is 1. The maximum absolute atomic E-state index is 10.9. The number of sulfonamides is 1. The highest BCUT2D eigenvalue weighted by Crippen LogP contribution is 2.12. The molecule has 0 heterocycles. The fourth-order valence-corrected chi connectivity index (χ4v) is 1.55. The standard InChI is InChI=1S/C9H14N2O2S/c1-2-7-11-8-3-5-9(6-4-8)14(10,12)13/h3-6,11H,2,7H2,1H3,(H2,10,12,13). The van der Waals surface area contributed by atoms with E-state index in [4.69, 9.17) is 5.14 Å². The molecule has 0 unspecified atom stereocenters. The zero-order valence-electron chi connectivity index (χ0n) is 8.03. The summed E-state index contributed by atoms with van der Waals surface area (Å²) in [5, 5.41) is 8.10. The molecule has 0 aliphatic carbocycles. The summed E-state index contributed by atoms with van der Waals surface area (Å²) >= 11 is 0. The number of anilines is 1. The lowest BCUT2D eigenvalue weighted by molar-refractivity contribution is 0.598. The van der Waals surface area contributed by atoms with Crippen molar-refractivity contribution in [1.29, 1.82) is 0 Å². The van der Waals surface area contributed by atoms with Gasteiger partial charge in [0, 0.05) is 12.2 Å². The number of primary sulfonamides is 1. The minimum absolute atomic E-state index is 0.138. The molecule has 78 valence electrons. The Morgan fingerprint density at radius 2 is 1.86 bits per heavy atom. The predicted octanol–water partition coefficient (Wildman–Crippen LogP) is 1.16. The third kappa shape index (κ3) is 3.01. The first kappa shape index (κ1) is 11.0. The van der Waals surface area contributed by atoms with Gasteiger partial charge in [0.1, 0.15) is 0 Å². The number of nitrogens with one attached hydrogen (secondary N) is 1. The van der Waals surface area contributed by atoms with Crippen LogP contribution in [-0.2, 0) is 10.0 Å². The molecular formula is C9H14N2O2S. The van der Waals surface area contributed by atoms with Crippen LogP contribution >= 0.6 is 0 Å². The van der Waals surface area contributed by atoms with Gasteiger partial charge in [-0.05, 0) is 30.7 Å². The second-order valence-electron chi connectivity index (χ2n) is 3.00. The third-order valence-corrected chi connectivity index (χ3v) is 2.69. The monoisotopic (exact) mass is 214 g/mol. The van der Waals surface area contributed by atoms with Crippen molar-refractivity contribution < 1.29 is 8.42 Å². The van der Waals surface area contributed by atoms with Gasteiger partial charge in [0.15, 0.2) is 0 Å². The molecule has 5 heteroatoms. The summed E-state index contributed by atoms with van der Waals surface area (Å²) in [7, 11) is -3.57. The second-order valence-corrected chi connectivity index (χ2v) is 4.56. The van der Waals surface area contributed by atoms with Crippen molar-refractivity contribution >= 4 is 15.7 Å². The normalized spacial score (nSPS) is 11.3. The van der Waals surface area contributed by atoms with Crippen LogP contribution in [0, 0.1) is 0 Å². The van der Waals surface area contributed by atoms with Crippen molar-refractivity contribution in [3.05, 3.63) is 24.3 Å². The second kappa shape index (κ2) is 4.43. The maximum Gasteiger partial charge on any atom is 0.238 e. The molecule has 0 saturated heterocycles. The minimum atomic E-state index is -3.57. The largest absolute Gasteiger partial charge is 0.385 e. The van der Waals surface area contributed by atoms with Crippen LogP contribution in [0.2, 0.25) is 0 Å². The van der Waals surface area contributed by atoms with E-state index < -0.39 is 10.0 Å². The average Bonchev–Trinajstić information content (AvgIpc) is 2.14. The summed E-state index contributed by atoms with van der Waals surface area (Å²) in [6.45, 7) is 2.93. The van der Waals surface area contributed by atoms with E-state index in [1.165, 1.54) is 12.1 Å². The van der Waals surface area contributed by atoms with E-state index in [2.05, 4.69) is 12.2 Å². The first-order valence-electron chi connectivity index (χ1n) is 4.41. The zero-order valence-corrected chi connectivity index (χ0v) is 8.84. The van der Waals surface area contributed by atoms with Crippen LogP contribution in [0.5, 0.6) is 0 Å². The van der Waals surface area contributed by atoms with Gasteiger partial charge in [-0.15, -0.1) is 0 Å². The average molecular weight is 214 g/mol. The molecule has 0 radical (unpaired) electrons. The summed E-state index contributed by atoms with van der Waals surface area (Å²) in [6, 6.07) is 6.39. The van der Waals surface area contributed by atoms with Crippen molar-refractivity contribution in [2.75, 3.05) is 11.9 Å². The van der Waals surface area contributed by atoms with Crippen LogP contribution in [0.15, 0.2) is 29.2 Å². The van der Waals surface area contributed by atoms with Gasteiger partial charge in [-0.2, -0.15) is 0 Å². The molecular weight excluding hydrogens is 200 g/mol. The van der Waals surface area contributed by atoms with Crippen molar-refractivity contribution in [2.45, 2.75) is 18.2 Å². The van der Waals surface area contributed by atoms with E-state index in [0.29, 0.717) is 0 Å². The molecule has 0 spiro atoms. The molecule has 4 nitrogen and oxygen atoms in total. The molecule has 1 aromatic rings. The Labute approximate surface area is 84.2 Å². The first-order valence-corrected chi connectivity index (χ1v) is 5.95. The number of hydrogen-bond donors (Lipinski definition) is 2. The van der Waals surface area contributed by atoms with Gasteiger partial charge >= 0.3 is 0 Å². The van der Waals surface area contributed by atoms with Gasteiger partial charge in [0.05, 0.1) is 4.90 Å². The molecule has 0 amide bonds. The number of nitrogens with two attached hydrogens (primary N) is 1. The number of rotatable bonds is 4. The molecule has 1 rings (SSSR count). The fraction of sp³-hybridized carbons (Fsp3) is 0.333. The van der Waals surface area contributed by atoms with Crippen LogP contribution in [0.4, 0.5) is 5.69 Å². The van der Waals surface area contributed by atoms with Gasteiger partial charge in [-0.1, -0.05) is 6.92 Å². The Kier molecular flexibility index (Phi) is 3.49. The van der Waals surface area contributed by atoms with Crippen molar-refractivity contribution in [2.24, 2.45) is 5.14 Å². The van der Waals surface area contributed by atoms with Crippen molar-refractivity contribution in [1.82, 2.24) is 0 Å². The lowest BCUT2D eigenvalue weighted by atomic mass is 10.3.